The monoisotopic (exact) mass is 392 g/mol. The molecule has 0 spiro atoms. The van der Waals surface area contributed by atoms with Crippen LogP contribution in [-0.2, 0) is 0 Å². The second-order valence-electron chi connectivity index (χ2n) is 7.28. The van der Waals surface area contributed by atoms with E-state index in [1.165, 1.54) is 5.57 Å². The molecule has 0 saturated carbocycles. The van der Waals surface area contributed by atoms with E-state index in [9.17, 15) is 0 Å². The first-order valence-electron chi connectivity index (χ1n) is 10.1. The van der Waals surface area contributed by atoms with Crippen molar-refractivity contribution < 1.29 is 9.47 Å². The Morgan fingerprint density at radius 3 is 2.90 bits per heavy atom. The third-order valence-corrected chi connectivity index (χ3v) is 5.40. The van der Waals surface area contributed by atoms with Crippen molar-refractivity contribution in [2.24, 2.45) is 4.99 Å². The molecule has 6 heteroatoms. The number of fused-ring (bicyclic) bond motifs is 1. The molecule has 0 aromatic heterocycles. The van der Waals surface area contributed by atoms with Crippen molar-refractivity contribution in [1.29, 1.82) is 0 Å². The van der Waals surface area contributed by atoms with Gasteiger partial charge in [0.1, 0.15) is 0 Å². The summed E-state index contributed by atoms with van der Waals surface area (Å²) in [6, 6.07) is 12.2. The molecule has 2 aliphatic heterocycles. The highest BCUT2D eigenvalue weighted by Crippen LogP contribution is 2.42. The minimum absolute atomic E-state index is 0.213. The van der Waals surface area contributed by atoms with Crippen LogP contribution in [0.1, 0.15) is 18.9 Å². The SMILES string of the molecule is C=Nc1cc(NC)ccc1NCCN1CC=C(c2cccc3c2OC(C)O3)CC1. The highest BCUT2D eigenvalue weighted by atomic mass is 16.7. The van der Waals surface area contributed by atoms with Gasteiger partial charge in [-0.15, -0.1) is 0 Å². The molecule has 152 valence electrons. The minimum Gasteiger partial charge on any atom is -0.451 e. The van der Waals surface area contributed by atoms with Crippen molar-refractivity contribution in [1.82, 2.24) is 4.90 Å². The number of nitrogens with zero attached hydrogens (tertiary/aromatic N) is 2. The normalized spacial score (nSPS) is 18.3. The van der Waals surface area contributed by atoms with E-state index in [1.807, 2.05) is 44.3 Å². The van der Waals surface area contributed by atoms with Gasteiger partial charge < -0.3 is 20.1 Å². The zero-order valence-corrected chi connectivity index (χ0v) is 17.1. The molecule has 0 radical (unpaired) electrons. The highest BCUT2D eigenvalue weighted by molar-refractivity contribution is 5.74. The quantitative estimate of drug-likeness (QED) is 0.685. The Balaban J connectivity index is 1.33. The average Bonchev–Trinajstić information content (AvgIpc) is 3.14. The van der Waals surface area contributed by atoms with Crippen LogP contribution < -0.4 is 20.1 Å². The largest absolute Gasteiger partial charge is 0.451 e. The Morgan fingerprint density at radius 2 is 2.14 bits per heavy atom. The summed E-state index contributed by atoms with van der Waals surface area (Å²) in [5.41, 5.74) is 5.41. The van der Waals surface area contributed by atoms with Gasteiger partial charge in [0.05, 0.1) is 11.4 Å². The van der Waals surface area contributed by atoms with E-state index < -0.39 is 0 Å². The Bertz CT molecular complexity index is 925. The summed E-state index contributed by atoms with van der Waals surface area (Å²) in [4.78, 5) is 6.57. The summed E-state index contributed by atoms with van der Waals surface area (Å²) in [6.07, 6.45) is 3.10. The molecule has 2 aromatic carbocycles. The van der Waals surface area contributed by atoms with Crippen molar-refractivity contribution in [2.45, 2.75) is 19.6 Å². The van der Waals surface area contributed by atoms with Crippen LogP contribution in [0.25, 0.3) is 5.57 Å². The van der Waals surface area contributed by atoms with Gasteiger partial charge in [-0.1, -0.05) is 18.2 Å². The Morgan fingerprint density at radius 1 is 1.24 bits per heavy atom. The van der Waals surface area contributed by atoms with Gasteiger partial charge in [0.2, 0.25) is 6.29 Å². The lowest BCUT2D eigenvalue weighted by molar-refractivity contribution is 0.0677. The van der Waals surface area contributed by atoms with Crippen LogP contribution in [0.4, 0.5) is 17.1 Å². The molecule has 0 saturated heterocycles. The van der Waals surface area contributed by atoms with E-state index in [1.54, 1.807) is 0 Å². The van der Waals surface area contributed by atoms with E-state index in [0.29, 0.717) is 0 Å². The van der Waals surface area contributed by atoms with Gasteiger partial charge in [-0.05, 0) is 43.0 Å². The maximum absolute atomic E-state index is 5.87. The summed E-state index contributed by atoms with van der Waals surface area (Å²) >= 11 is 0. The number of hydrogen-bond donors (Lipinski definition) is 2. The topological polar surface area (TPSA) is 58.1 Å². The summed E-state index contributed by atoms with van der Waals surface area (Å²) in [6.45, 7) is 9.39. The van der Waals surface area contributed by atoms with Crippen LogP contribution in [0.2, 0.25) is 0 Å². The lowest BCUT2D eigenvalue weighted by Gasteiger charge is -2.27. The van der Waals surface area contributed by atoms with Gasteiger partial charge in [-0.2, -0.15) is 0 Å². The van der Waals surface area contributed by atoms with Crippen LogP contribution >= 0.6 is 0 Å². The lowest BCUT2D eigenvalue weighted by atomic mass is 9.98. The van der Waals surface area contributed by atoms with E-state index >= 15 is 0 Å². The molecule has 4 rings (SSSR count). The van der Waals surface area contributed by atoms with Crippen LogP contribution in [0.15, 0.2) is 47.5 Å². The van der Waals surface area contributed by atoms with Crippen LogP contribution in [-0.4, -0.2) is 51.1 Å². The molecule has 0 bridgehead atoms. The molecule has 0 fully saturated rings. The number of anilines is 2. The van der Waals surface area contributed by atoms with E-state index in [4.69, 9.17) is 9.47 Å². The molecule has 1 atom stereocenters. The second-order valence-corrected chi connectivity index (χ2v) is 7.28. The Kier molecular flexibility index (Phi) is 5.71. The first-order chi connectivity index (χ1) is 14.2. The summed E-state index contributed by atoms with van der Waals surface area (Å²) in [5, 5.41) is 6.61. The second kappa shape index (κ2) is 8.57. The van der Waals surface area contributed by atoms with Gasteiger partial charge in [0.25, 0.3) is 0 Å². The maximum atomic E-state index is 5.87. The van der Waals surface area contributed by atoms with Crippen molar-refractivity contribution in [3.8, 4) is 11.5 Å². The van der Waals surface area contributed by atoms with Crippen LogP contribution in [0.5, 0.6) is 11.5 Å². The van der Waals surface area contributed by atoms with Crippen LogP contribution in [0, 0.1) is 0 Å². The number of nitrogens with one attached hydrogen (secondary N) is 2. The molecule has 1 unspecified atom stereocenters. The third-order valence-electron chi connectivity index (χ3n) is 5.40. The van der Waals surface area contributed by atoms with Gasteiger partial charge >= 0.3 is 0 Å². The molecule has 0 aliphatic carbocycles. The molecule has 2 N–H and O–H groups in total. The fourth-order valence-corrected chi connectivity index (χ4v) is 3.83. The number of aliphatic imine (C=N–C) groups is 1. The summed E-state index contributed by atoms with van der Waals surface area (Å²) in [7, 11) is 1.90. The first kappa shape index (κ1) is 19.3. The highest BCUT2D eigenvalue weighted by Gasteiger charge is 2.25. The van der Waals surface area contributed by atoms with Crippen molar-refractivity contribution in [3.63, 3.8) is 0 Å². The maximum Gasteiger partial charge on any atom is 0.238 e. The third kappa shape index (κ3) is 4.22. The number of para-hydroxylation sites is 1. The molecule has 6 nitrogen and oxygen atoms in total. The number of rotatable bonds is 7. The smallest absolute Gasteiger partial charge is 0.238 e. The standard InChI is InChI=1S/C23H28N4O2/c1-16-28-22-6-4-5-19(23(22)29-16)17-9-12-27(13-10-17)14-11-26-20-8-7-18(24-2)15-21(20)25-3/h4-9,15-16,24,26H,3,10-14H2,1-2H3. The molecule has 2 aliphatic rings. The number of ether oxygens (including phenoxy) is 2. The molecule has 0 amide bonds. The predicted octanol–water partition coefficient (Wildman–Crippen LogP) is 4.38. The molecule has 2 heterocycles. The van der Waals surface area contributed by atoms with Crippen LogP contribution in [0.3, 0.4) is 0 Å². The van der Waals surface area contributed by atoms with E-state index in [0.717, 1.165) is 66.7 Å². The van der Waals surface area contributed by atoms with Gasteiger partial charge in [0, 0.05) is 51.4 Å². The molecule has 2 aromatic rings. The molecular weight excluding hydrogens is 364 g/mol. The van der Waals surface area contributed by atoms with Gasteiger partial charge in [-0.3, -0.25) is 9.89 Å². The summed E-state index contributed by atoms with van der Waals surface area (Å²) in [5.74, 6) is 1.73. The lowest BCUT2D eigenvalue weighted by Crippen LogP contribution is -2.32. The summed E-state index contributed by atoms with van der Waals surface area (Å²) < 4.78 is 11.6. The van der Waals surface area contributed by atoms with Crippen molar-refractivity contribution in [2.75, 3.05) is 43.9 Å². The minimum atomic E-state index is -0.213. The van der Waals surface area contributed by atoms with E-state index in [2.05, 4.69) is 39.4 Å². The fraction of sp³-hybridized carbons (Fsp3) is 0.348. The Labute approximate surface area is 172 Å². The van der Waals surface area contributed by atoms with Crippen molar-refractivity contribution in [3.05, 3.63) is 48.0 Å². The average molecular weight is 393 g/mol. The first-order valence-corrected chi connectivity index (χ1v) is 10.1. The molecular formula is C23H28N4O2. The number of benzene rings is 2. The zero-order chi connectivity index (χ0) is 20.2. The van der Waals surface area contributed by atoms with Gasteiger partial charge in [0.15, 0.2) is 11.5 Å². The van der Waals surface area contributed by atoms with E-state index in [-0.39, 0.29) is 6.29 Å². The zero-order valence-electron chi connectivity index (χ0n) is 17.1. The Hall–Kier alpha value is -2.99. The van der Waals surface area contributed by atoms with Gasteiger partial charge in [-0.25, -0.2) is 0 Å². The van der Waals surface area contributed by atoms with Crippen molar-refractivity contribution >= 4 is 29.4 Å². The predicted molar refractivity (Wildman–Crippen MR) is 120 cm³/mol. The number of hydrogen-bond acceptors (Lipinski definition) is 6. The molecule has 29 heavy (non-hydrogen) atoms. The fourth-order valence-electron chi connectivity index (χ4n) is 3.83.